The van der Waals surface area contributed by atoms with Crippen LogP contribution in [0.15, 0.2) is 0 Å². The van der Waals surface area contributed by atoms with E-state index in [0.29, 0.717) is 0 Å². The highest BCUT2D eigenvalue weighted by molar-refractivity contribution is 5.65. The summed E-state index contributed by atoms with van der Waals surface area (Å²) >= 11 is 0. The molecule has 1 atom stereocenters. The van der Waals surface area contributed by atoms with Gasteiger partial charge in [-0.25, -0.2) is 0 Å². The highest BCUT2D eigenvalue weighted by Gasteiger charge is 2.21. The number of carbonyl (C=O) groups is 1. The summed E-state index contributed by atoms with van der Waals surface area (Å²) in [7, 11) is 0. The van der Waals surface area contributed by atoms with Crippen molar-refractivity contribution in [2.75, 3.05) is 39.3 Å². The van der Waals surface area contributed by atoms with Crippen molar-refractivity contribution in [3.63, 3.8) is 0 Å². The predicted octanol–water partition coefficient (Wildman–Crippen LogP) is -0.495. The SMILES string of the molecule is CCN1CCN(C(O)COC(C)=O)CC1. The van der Waals surface area contributed by atoms with Crippen molar-refractivity contribution in [2.45, 2.75) is 20.1 Å². The van der Waals surface area contributed by atoms with Gasteiger partial charge in [0.05, 0.1) is 0 Å². The molecule has 0 aliphatic carbocycles. The molecule has 0 aromatic rings. The Kier molecular flexibility index (Phi) is 5.01. The van der Waals surface area contributed by atoms with E-state index in [2.05, 4.69) is 11.8 Å². The largest absolute Gasteiger partial charge is 0.462 e. The fraction of sp³-hybridized carbons (Fsp3) is 0.900. The van der Waals surface area contributed by atoms with Gasteiger partial charge in [-0.05, 0) is 6.54 Å². The van der Waals surface area contributed by atoms with Gasteiger partial charge in [-0.2, -0.15) is 0 Å². The number of piperazine rings is 1. The molecule has 1 N–H and O–H groups in total. The Hall–Kier alpha value is -0.650. The third-order valence-corrected chi connectivity index (χ3v) is 2.71. The van der Waals surface area contributed by atoms with E-state index in [1.807, 2.05) is 4.90 Å². The van der Waals surface area contributed by atoms with Gasteiger partial charge in [0.2, 0.25) is 0 Å². The van der Waals surface area contributed by atoms with Crippen LogP contribution >= 0.6 is 0 Å². The molecule has 0 amide bonds. The number of hydrogen-bond acceptors (Lipinski definition) is 5. The molecular formula is C10H20N2O3. The number of rotatable bonds is 4. The third kappa shape index (κ3) is 4.15. The zero-order valence-electron chi connectivity index (χ0n) is 9.48. The second-order valence-corrected chi connectivity index (χ2v) is 3.75. The summed E-state index contributed by atoms with van der Waals surface area (Å²) in [6.07, 6.45) is -0.659. The zero-order chi connectivity index (χ0) is 11.3. The molecule has 1 heterocycles. The summed E-state index contributed by atoms with van der Waals surface area (Å²) in [6.45, 7) is 8.19. The first kappa shape index (κ1) is 12.4. The van der Waals surface area contributed by atoms with E-state index in [1.165, 1.54) is 6.92 Å². The van der Waals surface area contributed by atoms with Crippen LogP contribution in [0.4, 0.5) is 0 Å². The lowest BCUT2D eigenvalue weighted by molar-refractivity contribution is -0.149. The van der Waals surface area contributed by atoms with Crippen LogP contribution in [0.25, 0.3) is 0 Å². The Labute approximate surface area is 90.6 Å². The van der Waals surface area contributed by atoms with Crippen LogP contribution in [0.1, 0.15) is 13.8 Å². The van der Waals surface area contributed by atoms with Crippen molar-refractivity contribution in [3.8, 4) is 0 Å². The van der Waals surface area contributed by atoms with E-state index in [9.17, 15) is 9.90 Å². The normalized spacial score (nSPS) is 21.3. The number of esters is 1. The van der Waals surface area contributed by atoms with Crippen molar-refractivity contribution in [3.05, 3.63) is 0 Å². The molecule has 15 heavy (non-hydrogen) atoms. The van der Waals surface area contributed by atoms with Gasteiger partial charge in [-0.1, -0.05) is 6.92 Å². The molecule has 0 aromatic carbocycles. The van der Waals surface area contributed by atoms with Crippen molar-refractivity contribution >= 4 is 5.97 Å². The first-order chi connectivity index (χ1) is 7.13. The van der Waals surface area contributed by atoms with Gasteiger partial charge in [0.15, 0.2) is 0 Å². The summed E-state index contributed by atoms with van der Waals surface area (Å²) in [4.78, 5) is 14.8. The summed E-state index contributed by atoms with van der Waals surface area (Å²) in [6, 6.07) is 0. The molecule has 5 nitrogen and oxygen atoms in total. The standard InChI is InChI=1S/C10H20N2O3/c1-3-11-4-6-12(7-5-11)10(14)8-15-9(2)13/h10,14H,3-8H2,1-2H3. The van der Waals surface area contributed by atoms with Gasteiger partial charge in [0.25, 0.3) is 0 Å². The summed E-state index contributed by atoms with van der Waals surface area (Å²) < 4.78 is 4.77. The molecule has 0 aromatic heterocycles. The Balaban J connectivity index is 2.23. The number of likely N-dealkylation sites (N-methyl/N-ethyl adjacent to an activating group) is 1. The molecule has 0 saturated carbocycles. The Morgan fingerprint density at radius 1 is 1.40 bits per heavy atom. The van der Waals surface area contributed by atoms with E-state index < -0.39 is 6.23 Å². The van der Waals surface area contributed by atoms with Crippen LogP contribution < -0.4 is 0 Å². The van der Waals surface area contributed by atoms with E-state index >= 15 is 0 Å². The predicted molar refractivity (Wildman–Crippen MR) is 56.3 cm³/mol. The Morgan fingerprint density at radius 3 is 2.47 bits per heavy atom. The minimum atomic E-state index is -0.659. The van der Waals surface area contributed by atoms with Crippen LogP contribution in [0.5, 0.6) is 0 Å². The van der Waals surface area contributed by atoms with Crippen molar-refractivity contribution in [1.29, 1.82) is 0 Å². The summed E-state index contributed by atoms with van der Waals surface area (Å²) in [5.41, 5.74) is 0. The molecule has 1 aliphatic heterocycles. The van der Waals surface area contributed by atoms with Gasteiger partial charge in [-0.3, -0.25) is 9.69 Å². The summed E-state index contributed by atoms with van der Waals surface area (Å²) in [5.74, 6) is -0.346. The van der Waals surface area contributed by atoms with Crippen molar-refractivity contribution in [1.82, 2.24) is 9.80 Å². The quantitative estimate of drug-likeness (QED) is 0.642. The Morgan fingerprint density at radius 2 is 2.00 bits per heavy atom. The molecule has 0 bridgehead atoms. The molecule has 88 valence electrons. The highest BCUT2D eigenvalue weighted by atomic mass is 16.5. The molecule has 0 spiro atoms. The Bertz CT molecular complexity index is 203. The second-order valence-electron chi connectivity index (χ2n) is 3.75. The second kappa shape index (κ2) is 6.05. The highest BCUT2D eigenvalue weighted by Crippen LogP contribution is 2.04. The van der Waals surface area contributed by atoms with Crippen LogP contribution in [0.2, 0.25) is 0 Å². The first-order valence-corrected chi connectivity index (χ1v) is 5.41. The number of nitrogens with zero attached hydrogens (tertiary/aromatic N) is 2. The average molecular weight is 216 g/mol. The molecule has 1 aliphatic rings. The van der Waals surface area contributed by atoms with Gasteiger partial charge in [-0.15, -0.1) is 0 Å². The van der Waals surface area contributed by atoms with E-state index in [0.717, 1.165) is 32.7 Å². The van der Waals surface area contributed by atoms with Gasteiger partial charge in [0.1, 0.15) is 12.8 Å². The van der Waals surface area contributed by atoms with Gasteiger partial charge < -0.3 is 14.7 Å². The van der Waals surface area contributed by atoms with E-state index in [1.54, 1.807) is 0 Å². The number of carbonyl (C=O) groups excluding carboxylic acids is 1. The molecule has 1 rings (SSSR count). The maximum atomic E-state index is 10.6. The number of aliphatic hydroxyl groups is 1. The first-order valence-electron chi connectivity index (χ1n) is 5.41. The maximum absolute atomic E-state index is 10.6. The van der Waals surface area contributed by atoms with E-state index in [4.69, 9.17) is 4.74 Å². The third-order valence-electron chi connectivity index (χ3n) is 2.71. The number of aliphatic hydroxyl groups excluding tert-OH is 1. The van der Waals surface area contributed by atoms with Crippen molar-refractivity contribution < 1.29 is 14.6 Å². The molecule has 5 heteroatoms. The maximum Gasteiger partial charge on any atom is 0.302 e. The molecule has 1 fully saturated rings. The van der Waals surface area contributed by atoms with Crippen LogP contribution in [-0.2, 0) is 9.53 Å². The molecular weight excluding hydrogens is 196 g/mol. The zero-order valence-corrected chi connectivity index (χ0v) is 9.48. The molecule has 1 unspecified atom stereocenters. The van der Waals surface area contributed by atoms with Gasteiger partial charge in [0, 0.05) is 33.1 Å². The lowest BCUT2D eigenvalue weighted by Crippen LogP contribution is -2.51. The van der Waals surface area contributed by atoms with E-state index in [-0.39, 0.29) is 12.6 Å². The number of ether oxygens (including phenoxy) is 1. The van der Waals surface area contributed by atoms with Crippen LogP contribution in [0, 0.1) is 0 Å². The molecule has 1 saturated heterocycles. The fourth-order valence-corrected chi connectivity index (χ4v) is 1.67. The minimum absolute atomic E-state index is 0.0709. The summed E-state index contributed by atoms with van der Waals surface area (Å²) in [5, 5.41) is 9.71. The lowest BCUT2D eigenvalue weighted by atomic mass is 10.3. The van der Waals surface area contributed by atoms with Crippen LogP contribution in [0.3, 0.4) is 0 Å². The molecule has 0 radical (unpaired) electrons. The lowest BCUT2D eigenvalue weighted by Gasteiger charge is -2.36. The topological polar surface area (TPSA) is 53.0 Å². The minimum Gasteiger partial charge on any atom is -0.462 e. The van der Waals surface area contributed by atoms with Crippen molar-refractivity contribution in [2.24, 2.45) is 0 Å². The fourth-order valence-electron chi connectivity index (χ4n) is 1.67. The average Bonchev–Trinajstić information content (AvgIpc) is 2.26. The smallest absolute Gasteiger partial charge is 0.302 e. The van der Waals surface area contributed by atoms with Gasteiger partial charge >= 0.3 is 5.97 Å². The van der Waals surface area contributed by atoms with Crippen LogP contribution in [-0.4, -0.2) is 66.4 Å². The number of hydrogen-bond donors (Lipinski definition) is 1. The monoisotopic (exact) mass is 216 g/mol.